The molecule has 8 heteroatoms. The number of rotatable bonds is 2. The smallest absolute Gasteiger partial charge is 0.394 e. The molecule has 0 fully saturated rings. The molecule has 0 aliphatic heterocycles. The molecule has 0 atom stereocenters. The number of aromatic nitrogens is 4. The van der Waals surface area contributed by atoms with Gasteiger partial charge in [0.25, 0.3) is 0 Å². The maximum Gasteiger partial charge on any atom is 0.394 e. The Balaban J connectivity index is 2.22. The number of hydrogen-bond acceptors (Lipinski definition) is 6. The fourth-order valence-corrected chi connectivity index (χ4v) is 2.33. The first-order valence-corrected chi connectivity index (χ1v) is 5.54. The Morgan fingerprint density at radius 1 is 1.53 bits per heavy atom. The van der Waals surface area contributed by atoms with Crippen LogP contribution in [0.15, 0.2) is 16.1 Å². The van der Waals surface area contributed by atoms with Gasteiger partial charge in [0.2, 0.25) is 5.82 Å². The van der Waals surface area contributed by atoms with Gasteiger partial charge in [-0.1, -0.05) is 5.16 Å². The van der Waals surface area contributed by atoms with Crippen molar-refractivity contribution in [3.8, 4) is 11.5 Å². The van der Waals surface area contributed by atoms with Gasteiger partial charge in [-0.3, -0.25) is 4.40 Å². The highest BCUT2D eigenvalue weighted by molar-refractivity contribution is 7.15. The molecule has 0 aromatic carbocycles. The summed E-state index contributed by atoms with van der Waals surface area (Å²) in [7, 11) is 0. The highest BCUT2D eigenvalue weighted by Gasteiger charge is 2.20. The van der Waals surface area contributed by atoms with E-state index in [1.165, 1.54) is 11.3 Å². The largest absolute Gasteiger partial charge is 0.474 e. The van der Waals surface area contributed by atoms with Gasteiger partial charge in [-0.2, -0.15) is 4.98 Å². The van der Waals surface area contributed by atoms with Gasteiger partial charge in [0.1, 0.15) is 5.69 Å². The molecule has 3 heterocycles. The Bertz CT molecular complexity index is 711. The Hall–Kier alpha value is -2.22. The highest BCUT2D eigenvalue weighted by Crippen LogP contribution is 2.24. The predicted molar refractivity (Wildman–Crippen MR) is 58.1 cm³/mol. The summed E-state index contributed by atoms with van der Waals surface area (Å²) >= 11 is 1.48. The summed E-state index contributed by atoms with van der Waals surface area (Å²) in [6.07, 6.45) is 1.83. The van der Waals surface area contributed by atoms with E-state index in [-0.39, 0.29) is 5.82 Å². The van der Waals surface area contributed by atoms with Gasteiger partial charge in [0.05, 0.1) is 5.69 Å². The molecule has 0 amide bonds. The lowest BCUT2D eigenvalue weighted by Crippen LogP contribution is -1.96. The molecule has 86 valence electrons. The molecular formula is C9H6N4O3S. The van der Waals surface area contributed by atoms with Crippen LogP contribution in [0.2, 0.25) is 0 Å². The number of fused-ring (bicyclic) bond motifs is 1. The first-order chi connectivity index (χ1) is 8.16. The Morgan fingerprint density at radius 2 is 2.35 bits per heavy atom. The van der Waals surface area contributed by atoms with Crippen LogP contribution >= 0.6 is 11.3 Å². The van der Waals surface area contributed by atoms with Gasteiger partial charge >= 0.3 is 11.9 Å². The summed E-state index contributed by atoms with van der Waals surface area (Å²) in [5.74, 6) is -1.44. The van der Waals surface area contributed by atoms with Gasteiger partial charge in [-0.15, -0.1) is 11.3 Å². The number of carbonyl (C=O) groups is 1. The fourth-order valence-electron chi connectivity index (χ4n) is 1.57. The summed E-state index contributed by atoms with van der Waals surface area (Å²) in [4.78, 5) is 19.6. The molecule has 0 unspecified atom stereocenters. The SMILES string of the molecule is Cc1nc2sccn2c1-c1noc(C(=O)O)n1. The lowest BCUT2D eigenvalue weighted by atomic mass is 10.3. The second-order valence-electron chi connectivity index (χ2n) is 3.33. The van der Waals surface area contributed by atoms with Gasteiger partial charge < -0.3 is 9.63 Å². The summed E-state index contributed by atoms with van der Waals surface area (Å²) in [6, 6.07) is 0. The maximum absolute atomic E-state index is 10.7. The average molecular weight is 250 g/mol. The molecule has 3 rings (SSSR count). The minimum Gasteiger partial charge on any atom is -0.474 e. The van der Waals surface area contributed by atoms with Crippen molar-refractivity contribution in [3.05, 3.63) is 23.2 Å². The molecule has 0 radical (unpaired) electrons. The van der Waals surface area contributed by atoms with Crippen LogP contribution < -0.4 is 0 Å². The number of carboxylic acid groups (broad SMARTS) is 1. The number of nitrogens with zero attached hydrogens (tertiary/aromatic N) is 4. The molecule has 0 aliphatic carbocycles. The molecule has 7 nitrogen and oxygen atoms in total. The third-order valence-corrected chi connectivity index (χ3v) is 3.01. The highest BCUT2D eigenvalue weighted by atomic mass is 32.1. The van der Waals surface area contributed by atoms with Gasteiger partial charge in [-0.05, 0) is 6.92 Å². The van der Waals surface area contributed by atoms with E-state index in [0.29, 0.717) is 5.69 Å². The van der Waals surface area contributed by atoms with E-state index in [9.17, 15) is 4.79 Å². The van der Waals surface area contributed by atoms with E-state index in [0.717, 1.165) is 10.7 Å². The number of carboxylic acids is 1. The molecule has 17 heavy (non-hydrogen) atoms. The van der Waals surface area contributed by atoms with Crippen molar-refractivity contribution in [2.24, 2.45) is 0 Å². The maximum atomic E-state index is 10.7. The number of imidazole rings is 1. The zero-order valence-electron chi connectivity index (χ0n) is 8.62. The van der Waals surface area contributed by atoms with Crippen LogP contribution in [-0.2, 0) is 0 Å². The van der Waals surface area contributed by atoms with Gasteiger partial charge in [0.15, 0.2) is 4.96 Å². The van der Waals surface area contributed by atoms with Crippen molar-refractivity contribution in [3.63, 3.8) is 0 Å². The minimum atomic E-state index is -1.24. The second kappa shape index (κ2) is 3.39. The second-order valence-corrected chi connectivity index (χ2v) is 4.20. The zero-order chi connectivity index (χ0) is 12.0. The molecule has 0 saturated carbocycles. The van der Waals surface area contributed by atoms with Crippen LogP contribution in [0.3, 0.4) is 0 Å². The van der Waals surface area contributed by atoms with E-state index >= 15 is 0 Å². The van der Waals surface area contributed by atoms with Crippen LogP contribution in [0, 0.1) is 6.92 Å². The Labute approximate surface area is 98.3 Å². The molecule has 3 aromatic rings. The quantitative estimate of drug-likeness (QED) is 0.739. The Kier molecular flexibility index (Phi) is 1.99. The standard InChI is InChI=1S/C9H6N4O3S/c1-4-5(13-2-3-17-9(13)10-4)6-11-7(8(14)15)16-12-6/h2-3H,1H3,(H,14,15). The first kappa shape index (κ1) is 9.97. The van der Waals surface area contributed by atoms with Crippen LogP contribution in [0.5, 0.6) is 0 Å². The molecule has 0 spiro atoms. The molecule has 1 N–H and O–H groups in total. The monoisotopic (exact) mass is 250 g/mol. The molecule has 0 bridgehead atoms. The van der Waals surface area contributed by atoms with E-state index in [1.54, 1.807) is 4.40 Å². The molecular weight excluding hydrogens is 244 g/mol. The summed E-state index contributed by atoms with van der Waals surface area (Å²) < 4.78 is 6.43. The van der Waals surface area contributed by atoms with Crippen LogP contribution in [-0.4, -0.2) is 30.6 Å². The first-order valence-electron chi connectivity index (χ1n) is 4.66. The Morgan fingerprint density at radius 3 is 3.06 bits per heavy atom. The normalized spacial score (nSPS) is 11.1. The third-order valence-electron chi connectivity index (χ3n) is 2.26. The molecule has 0 saturated heterocycles. The van der Waals surface area contributed by atoms with Crippen LogP contribution in [0.4, 0.5) is 0 Å². The minimum absolute atomic E-state index is 0.228. The van der Waals surface area contributed by atoms with E-state index < -0.39 is 11.9 Å². The zero-order valence-corrected chi connectivity index (χ0v) is 9.43. The topological polar surface area (TPSA) is 93.5 Å². The molecule has 3 aromatic heterocycles. The van der Waals surface area contributed by atoms with Crippen molar-refractivity contribution in [1.29, 1.82) is 0 Å². The van der Waals surface area contributed by atoms with Crippen molar-refractivity contribution in [2.45, 2.75) is 6.92 Å². The number of aromatic carboxylic acids is 1. The summed E-state index contributed by atoms with van der Waals surface area (Å²) in [6.45, 7) is 1.81. The van der Waals surface area contributed by atoms with E-state index in [1.807, 2.05) is 18.5 Å². The van der Waals surface area contributed by atoms with E-state index in [4.69, 9.17) is 5.11 Å². The van der Waals surface area contributed by atoms with Crippen molar-refractivity contribution in [1.82, 2.24) is 19.5 Å². The van der Waals surface area contributed by atoms with Crippen molar-refractivity contribution < 1.29 is 14.4 Å². The molecule has 0 aliphatic rings. The summed E-state index contributed by atoms with van der Waals surface area (Å²) in [5, 5.41) is 14.2. The van der Waals surface area contributed by atoms with Gasteiger partial charge in [0, 0.05) is 11.6 Å². The lowest BCUT2D eigenvalue weighted by Gasteiger charge is -1.92. The predicted octanol–water partition coefficient (Wildman–Crippen LogP) is 1.45. The lowest BCUT2D eigenvalue weighted by molar-refractivity contribution is 0.0643. The summed E-state index contributed by atoms with van der Waals surface area (Å²) in [5.41, 5.74) is 1.38. The number of hydrogen-bond donors (Lipinski definition) is 1. The number of aryl methyl sites for hydroxylation is 1. The van der Waals surface area contributed by atoms with Crippen molar-refractivity contribution in [2.75, 3.05) is 0 Å². The van der Waals surface area contributed by atoms with Crippen molar-refractivity contribution >= 4 is 22.3 Å². The average Bonchev–Trinajstić information content (AvgIpc) is 2.91. The fraction of sp³-hybridized carbons (Fsp3) is 0.111. The number of thiazole rings is 1. The van der Waals surface area contributed by atoms with E-state index in [2.05, 4.69) is 19.6 Å². The third kappa shape index (κ3) is 1.41. The van der Waals surface area contributed by atoms with Crippen LogP contribution in [0.1, 0.15) is 16.4 Å². The van der Waals surface area contributed by atoms with Gasteiger partial charge in [-0.25, -0.2) is 9.78 Å². The van der Waals surface area contributed by atoms with Crippen LogP contribution in [0.25, 0.3) is 16.5 Å².